The predicted octanol–water partition coefficient (Wildman–Crippen LogP) is 6.44. The highest BCUT2D eigenvalue weighted by Crippen LogP contribution is 2.39. The molecule has 30 heavy (non-hydrogen) atoms. The second-order valence-electron chi connectivity index (χ2n) is 7.64. The standard InChI is InChI=1S/C25H21ClN2OS/c1-16-7-9-17(10-8-16)24-23-20(21-15-18(26)11-12-22(21)27-23)13-14-28(24)25(30)29-19-5-3-2-4-6-19/h2-12,15,24,27H,13-14H2,1H3. The van der Waals surface area contributed by atoms with Crippen LogP contribution in [-0.2, 0) is 6.42 Å². The molecular weight excluding hydrogens is 412 g/mol. The molecule has 5 rings (SSSR count). The van der Waals surface area contributed by atoms with Crippen molar-refractivity contribution in [3.63, 3.8) is 0 Å². The monoisotopic (exact) mass is 432 g/mol. The van der Waals surface area contributed by atoms with Gasteiger partial charge >= 0.3 is 0 Å². The van der Waals surface area contributed by atoms with Gasteiger partial charge < -0.3 is 14.6 Å². The minimum absolute atomic E-state index is 0.0447. The van der Waals surface area contributed by atoms with E-state index in [9.17, 15) is 0 Å². The number of para-hydroxylation sites is 1. The van der Waals surface area contributed by atoms with Crippen LogP contribution in [0.2, 0.25) is 5.02 Å². The van der Waals surface area contributed by atoms with Crippen LogP contribution in [0.5, 0.6) is 5.75 Å². The summed E-state index contributed by atoms with van der Waals surface area (Å²) in [4.78, 5) is 5.81. The second kappa shape index (κ2) is 7.78. The number of thiocarbonyl (C=S) groups is 1. The number of aromatic nitrogens is 1. The number of rotatable bonds is 2. The molecule has 3 nitrogen and oxygen atoms in total. The third-order valence-electron chi connectivity index (χ3n) is 5.66. The molecule has 1 N–H and O–H groups in total. The lowest BCUT2D eigenvalue weighted by Gasteiger charge is -2.37. The zero-order valence-electron chi connectivity index (χ0n) is 16.6. The molecule has 1 atom stereocenters. The fraction of sp³-hybridized carbons (Fsp3) is 0.160. The number of hydrogen-bond acceptors (Lipinski definition) is 2. The van der Waals surface area contributed by atoms with Crippen LogP contribution in [0.3, 0.4) is 0 Å². The van der Waals surface area contributed by atoms with Gasteiger partial charge in [-0.15, -0.1) is 0 Å². The van der Waals surface area contributed by atoms with Crippen LogP contribution in [0.1, 0.15) is 28.4 Å². The first-order chi connectivity index (χ1) is 14.6. The number of H-pyrrole nitrogens is 1. The van der Waals surface area contributed by atoms with Gasteiger partial charge in [0.2, 0.25) is 0 Å². The van der Waals surface area contributed by atoms with Gasteiger partial charge in [0.05, 0.1) is 6.04 Å². The molecule has 0 bridgehead atoms. The summed E-state index contributed by atoms with van der Waals surface area (Å²) in [5.74, 6) is 0.749. The summed E-state index contributed by atoms with van der Waals surface area (Å²) in [5, 5.41) is 2.42. The molecule has 0 saturated carbocycles. The van der Waals surface area contributed by atoms with Crippen LogP contribution >= 0.6 is 23.8 Å². The van der Waals surface area contributed by atoms with E-state index in [2.05, 4.69) is 41.1 Å². The molecule has 0 spiro atoms. The van der Waals surface area contributed by atoms with E-state index in [0.29, 0.717) is 5.17 Å². The van der Waals surface area contributed by atoms with Crippen LogP contribution in [-0.4, -0.2) is 21.6 Å². The van der Waals surface area contributed by atoms with Crippen LogP contribution in [0.25, 0.3) is 10.9 Å². The highest BCUT2D eigenvalue weighted by Gasteiger charge is 2.34. The molecule has 0 fully saturated rings. The lowest BCUT2D eigenvalue weighted by Crippen LogP contribution is -2.42. The fourth-order valence-electron chi connectivity index (χ4n) is 4.20. The molecule has 4 aromatic rings. The van der Waals surface area contributed by atoms with Crippen LogP contribution in [0.4, 0.5) is 0 Å². The zero-order valence-corrected chi connectivity index (χ0v) is 18.1. The Morgan fingerprint density at radius 3 is 2.60 bits per heavy atom. The van der Waals surface area contributed by atoms with Crippen molar-refractivity contribution in [1.29, 1.82) is 0 Å². The van der Waals surface area contributed by atoms with Gasteiger partial charge in [0.25, 0.3) is 5.17 Å². The number of benzene rings is 3. The van der Waals surface area contributed by atoms with Crippen molar-refractivity contribution in [3.8, 4) is 5.75 Å². The maximum Gasteiger partial charge on any atom is 0.265 e. The largest absolute Gasteiger partial charge is 0.432 e. The van der Waals surface area contributed by atoms with E-state index >= 15 is 0 Å². The van der Waals surface area contributed by atoms with Crippen molar-refractivity contribution in [2.75, 3.05) is 6.54 Å². The maximum absolute atomic E-state index is 6.29. The number of fused-ring (bicyclic) bond motifs is 3. The van der Waals surface area contributed by atoms with Gasteiger partial charge in [-0.2, -0.15) is 0 Å². The Labute approximate surface area is 186 Å². The van der Waals surface area contributed by atoms with Gasteiger partial charge in [-0.05, 0) is 67.0 Å². The van der Waals surface area contributed by atoms with Crippen molar-refractivity contribution in [2.24, 2.45) is 0 Å². The minimum Gasteiger partial charge on any atom is -0.432 e. The Morgan fingerprint density at radius 1 is 1.07 bits per heavy atom. The Hall–Kier alpha value is -2.82. The highest BCUT2D eigenvalue weighted by molar-refractivity contribution is 7.80. The fourth-order valence-corrected chi connectivity index (χ4v) is 4.67. The summed E-state index contributed by atoms with van der Waals surface area (Å²) in [6.45, 7) is 2.87. The molecule has 0 aliphatic carbocycles. The number of halogens is 1. The molecule has 0 saturated heterocycles. The summed E-state index contributed by atoms with van der Waals surface area (Å²) >= 11 is 12.1. The second-order valence-corrected chi connectivity index (χ2v) is 8.43. The van der Waals surface area contributed by atoms with Crippen molar-refractivity contribution >= 4 is 39.9 Å². The summed E-state index contributed by atoms with van der Waals surface area (Å²) in [6.07, 6.45) is 0.871. The van der Waals surface area contributed by atoms with Crippen molar-refractivity contribution < 1.29 is 4.74 Å². The van der Waals surface area contributed by atoms with Gasteiger partial charge in [-0.3, -0.25) is 0 Å². The van der Waals surface area contributed by atoms with Crippen molar-refractivity contribution in [3.05, 3.63) is 100 Å². The van der Waals surface area contributed by atoms with Crippen molar-refractivity contribution in [2.45, 2.75) is 19.4 Å². The van der Waals surface area contributed by atoms with Crippen molar-refractivity contribution in [1.82, 2.24) is 9.88 Å². The Balaban J connectivity index is 1.60. The molecule has 150 valence electrons. The van der Waals surface area contributed by atoms with E-state index in [1.54, 1.807) is 0 Å². The van der Waals surface area contributed by atoms with E-state index in [-0.39, 0.29) is 6.04 Å². The van der Waals surface area contributed by atoms with Crippen LogP contribution in [0.15, 0.2) is 72.8 Å². The van der Waals surface area contributed by atoms with Crippen LogP contribution < -0.4 is 4.74 Å². The molecule has 0 radical (unpaired) electrons. The zero-order chi connectivity index (χ0) is 20.7. The average Bonchev–Trinajstić information content (AvgIpc) is 3.12. The van der Waals surface area contributed by atoms with Crippen LogP contribution in [0, 0.1) is 6.92 Å². The normalized spacial score (nSPS) is 15.8. The van der Waals surface area contributed by atoms with E-state index in [1.165, 1.54) is 22.1 Å². The van der Waals surface area contributed by atoms with Gasteiger partial charge in [-0.25, -0.2) is 0 Å². The molecule has 1 aliphatic rings. The average molecular weight is 433 g/mol. The highest BCUT2D eigenvalue weighted by atomic mass is 35.5. The van der Waals surface area contributed by atoms with E-state index in [4.69, 9.17) is 28.6 Å². The Morgan fingerprint density at radius 2 is 1.83 bits per heavy atom. The summed E-state index contributed by atoms with van der Waals surface area (Å²) in [6, 6.07) is 24.3. The van der Waals surface area contributed by atoms with Gasteiger partial charge in [0, 0.05) is 28.2 Å². The molecule has 1 aliphatic heterocycles. The molecule has 1 unspecified atom stereocenters. The predicted molar refractivity (Wildman–Crippen MR) is 126 cm³/mol. The summed E-state index contributed by atoms with van der Waals surface area (Å²) in [7, 11) is 0. The smallest absolute Gasteiger partial charge is 0.265 e. The van der Waals surface area contributed by atoms with Gasteiger partial charge in [0.15, 0.2) is 0 Å². The minimum atomic E-state index is -0.0447. The first kappa shape index (κ1) is 19.2. The third kappa shape index (κ3) is 3.47. The maximum atomic E-state index is 6.29. The molecule has 1 aromatic heterocycles. The summed E-state index contributed by atoms with van der Waals surface area (Å²) in [5.41, 5.74) is 5.96. The number of nitrogens with one attached hydrogen (secondary N) is 1. The Bertz CT molecular complexity index is 1220. The lowest BCUT2D eigenvalue weighted by molar-refractivity contribution is 0.289. The number of ether oxygens (including phenoxy) is 1. The van der Waals surface area contributed by atoms with E-state index in [1.807, 2.05) is 48.5 Å². The molecule has 2 heterocycles. The first-order valence-corrected chi connectivity index (χ1v) is 10.8. The topological polar surface area (TPSA) is 28.3 Å². The quantitative estimate of drug-likeness (QED) is 0.369. The molecular formula is C25H21ClN2OS. The SMILES string of the molecule is Cc1ccc(C2c3[nH]c4ccc(Cl)cc4c3CCN2C(=S)Oc2ccccc2)cc1. The summed E-state index contributed by atoms with van der Waals surface area (Å²) < 4.78 is 6.06. The first-order valence-electron chi connectivity index (χ1n) is 10.0. The van der Waals surface area contributed by atoms with Gasteiger partial charge in [0.1, 0.15) is 5.75 Å². The number of aryl methyl sites for hydroxylation is 1. The van der Waals surface area contributed by atoms with Gasteiger partial charge in [-0.1, -0.05) is 59.6 Å². The number of hydrogen-bond donors (Lipinski definition) is 1. The number of nitrogens with zero attached hydrogens (tertiary/aromatic N) is 1. The molecule has 0 amide bonds. The molecule has 3 aromatic carbocycles. The van der Waals surface area contributed by atoms with E-state index in [0.717, 1.165) is 34.9 Å². The number of aromatic amines is 1. The van der Waals surface area contributed by atoms with E-state index < -0.39 is 0 Å². The Kier molecular flexibility index (Phi) is 4.97. The lowest BCUT2D eigenvalue weighted by atomic mass is 9.92. The third-order valence-corrected chi connectivity index (χ3v) is 6.22. The molecule has 5 heteroatoms.